The Bertz CT molecular complexity index is 820. The van der Waals surface area contributed by atoms with Crippen LogP contribution in [0.15, 0.2) is 42.5 Å². The Hall–Kier alpha value is -2.18. The van der Waals surface area contributed by atoms with E-state index in [0.717, 1.165) is 4.70 Å². The molecule has 1 N–H and O–H groups in total. The molecule has 0 aliphatic carbocycles. The number of benzene rings is 2. The van der Waals surface area contributed by atoms with Crippen molar-refractivity contribution in [2.24, 2.45) is 0 Å². The van der Waals surface area contributed by atoms with E-state index in [1.54, 1.807) is 6.07 Å². The van der Waals surface area contributed by atoms with Gasteiger partial charge < -0.3 is 4.74 Å². The highest BCUT2D eigenvalue weighted by molar-refractivity contribution is 7.22. The molecule has 0 fully saturated rings. The van der Waals surface area contributed by atoms with Crippen molar-refractivity contribution in [3.05, 3.63) is 53.3 Å². The van der Waals surface area contributed by atoms with Crippen molar-refractivity contribution in [3.63, 3.8) is 0 Å². The minimum atomic E-state index is -0.358. The lowest BCUT2D eigenvalue weighted by Gasteiger charge is -2.05. The van der Waals surface area contributed by atoms with Gasteiger partial charge in [-0.25, -0.2) is 9.37 Å². The average molecular weight is 337 g/mol. The highest BCUT2D eigenvalue weighted by atomic mass is 35.5. The Morgan fingerprint density at radius 2 is 2.05 bits per heavy atom. The predicted molar refractivity (Wildman–Crippen MR) is 85.2 cm³/mol. The fraction of sp³-hybridized carbons (Fsp3) is 0.0667. The van der Waals surface area contributed by atoms with Crippen LogP contribution in [0.2, 0.25) is 5.02 Å². The van der Waals surface area contributed by atoms with Gasteiger partial charge in [-0.05, 0) is 36.4 Å². The zero-order valence-electron chi connectivity index (χ0n) is 11.2. The van der Waals surface area contributed by atoms with Gasteiger partial charge >= 0.3 is 0 Å². The standard InChI is InChI=1S/C15H10ClFN2O2S/c16-11-2-1-3-12-14(11)19-15(22-12)18-13(20)8-21-10-6-4-9(17)5-7-10/h1-7H,8H2,(H,18,19,20). The fourth-order valence-electron chi connectivity index (χ4n) is 1.80. The Labute approximate surface area is 134 Å². The molecule has 1 amide bonds. The van der Waals surface area contributed by atoms with Crippen LogP contribution in [0, 0.1) is 5.82 Å². The van der Waals surface area contributed by atoms with Gasteiger partial charge in [0.25, 0.3) is 5.91 Å². The molecule has 0 radical (unpaired) electrons. The maximum Gasteiger partial charge on any atom is 0.264 e. The second-order valence-corrected chi connectivity index (χ2v) is 5.83. The minimum Gasteiger partial charge on any atom is -0.484 e. The van der Waals surface area contributed by atoms with Crippen LogP contribution in [-0.4, -0.2) is 17.5 Å². The summed E-state index contributed by atoms with van der Waals surface area (Å²) in [5, 5.41) is 3.64. The first-order valence-electron chi connectivity index (χ1n) is 6.35. The molecule has 3 aromatic rings. The van der Waals surface area contributed by atoms with E-state index < -0.39 is 0 Å². The Morgan fingerprint density at radius 3 is 2.77 bits per heavy atom. The molecule has 7 heteroatoms. The number of amides is 1. The molecule has 0 aliphatic heterocycles. The first-order valence-corrected chi connectivity index (χ1v) is 7.54. The number of carbonyl (C=O) groups is 1. The number of ether oxygens (including phenoxy) is 1. The van der Waals surface area contributed by atoms with E-state index in [0.29, 0.717) is 21.4 Å². The second kappa shape index (κ2) is 6.29. The van der Waals surface area contributed by atoms with Gasteiger partial charge in [-0.2, -0.15) is 0 Å². The molecule has 0 bridgehead atoms. The minimum absolute atomic E-state index is 0.185. The molecule has 0 unspecified atom stereocenters. The number of anilines is 1. The summed E-state index contributed by atoms with van der Waals surface area (Å²) in [5.74, 6) is -0.286. The SMILES string of the molecule is O=C(COc1ccc(F)cc1)Nc1nc2c(Cl)cccc2s1. The summed E-state index contributed by atoms with van der Waals surface area (Å²) in [6, 6.07) is 10.9. The van der Waals surface area contributed by atoms with Crippen LogP contribution in [0.5, 0.6) is 5.75 Å². The number of nitrogens with zero attached hydrogens (tertiary/aromatic N) is 1. The van der Waals surface area contributed by atoms with Crippen molar-refractivity contribution in [1.82, 2.24) is 4.98 Å². The normalized spacial score (nSPS) is 10.6. The number of fused-ring (bicyclic) bond motifs is 1. The van der Waals surface area contributed by atoms with Crippen LogP contribution in [-0.2, 0) is 4.79 Å². The smallest absolute Gasteiger partial charge is 0.264 e. The molecule has 0 saturated carbocycles. The van der Waals surface area contributed by atoms with Crippen LogP contribution >= 0.6 is 22.9 Å². The fourth-order valence-corrected chi connectivity index (χ4v) is 2.99. The summed E-state index contributed by atoms with van der Waals surface area (Å²) in [4.78, 5) is 16.1. The Morgan fingerprint density at radius 1 is 1.27 bits per heavy atom. The summed E-state index contributed by atoms with van der Waals surface area (Å²) < 4.78 is 18.9. The van der Waals surface area contributed by atoms with Gasteiger partial charge in [0.1, 0.15) is 17.1 Å². The molecule has 0 spiro atoms. The number of aromatic nitrogens is 1. The first kappa shape index (κ1) is 14.7. The molecule has 1 aromatic heterocycles. The third-order valence-electron chi connectivity index (χ3n) is 2.80. The van der Waals surface area contributed by atoms with Gasteiger partial charge in [0.05, 0.1) is 9.72 Å². The Kier molecular flexibility index (Phi) is 4.22. The van der Waals surface area contributed by atoms with Crippen molar-refractivity contribution < 1.29 is 13.9 Å². The van der Waals surface area contributed by atoms with Crippen LogP contribution in [0.25, 0.3) is 10.2 Å². The van der Waals surface area contributed by atoms with Gasteiger partial charge in [-0.1, -0.05) is 29.0 Å². The lowest BCUT2D eigenvalue weighted by Crippen LogP contribution is -2.19. The summed E-state index contributed by atoms with van der Waals surface area (Å²) >= 11 is 7.37. The lowest BCUT2D eigenvalue weighted by atomic mass is 10.3. The third-order valence-corrected chi connectivity index (χ3v) is 4.04. The molecular weight excluding hydrogens is 327 g/mol. The van der Waals surface area contributed by atoms with Crippen LogP contribution in [0.3, 0.4) is 0 Å². The molecule has 0 aliphatic rings. The Balaban J connectivity index is 1.63. The number of nitrogens with one attached hydrogen (secondary N) is 1. The second-order valence-electron chi connectivity index (χ2n) is 4.40. The predicted octanol–water partition coefficient (Wildman–Crippen LogP) is 4.11. The summed E-state index contributed by atoms with van der Waals surface area (Å²) in [5.41, 5.74) is 0.656. The van der Waals surface area contributed by atoms with E-state index in [1.165, 1.54) is 35.6 Å². The topological polar surface area (TPSA) is 51.2 Å². The average Bonchev–Trinajstić information content (AvgIpc) is 2.90. The number of hydrogen-bond acceptors (Lipinski definition) is 4. The number of halogens is 2. The van der Waals surface area contributed by atoms with Crippen LogP contribution < -0.4 is 10.1 Å². The quantitative estimate of drug-likeness (QED) is 0.780. The van der Waals surface area contributed by atoms with Crippen molar-refractivity contribution in [2.45, 2.75) is 0 Å². The maximum absolute atomic E-state index is 12.8. The van der Waals surface area contributed by atoms with Crippen molar-refractivity contribution in [3.8, 4) is 5.75 Å². The number of thiazole rings is 1. The largest absolute Gasteiger partial charge is 0.484 e. The summed E-state index contributed by atoms with van der Waals surface area (Å²) in [7, 11) is 0. The monoisotopic (exact) mass is 336 g/mol. The molecule has 3 rings (SSSR count). The zero-order chi connectivity index (χ0) is 15.5. The highest BCUT2D eigenvalue weighted by Crippen LogP contribution is 2.30. The number of hydrogen-bond donors (Lipinski definition) is 1. The highest BCUT2D eigenvalue weighted by Gasteiger charge is 2.10. The van der Waals surface area contributed by atoms with Gasteiger partial charge in [-0.15, -0.1) is 0 Å². The molecule has 0 saturated heterocycles. The number of rotatable bonds is 4. The van der Waals surface area contributed by atoms with E-state index in [4.69, 9.17) is 16.3 Å². The van der Waals surface area contributed by atoms with E-state index >= 15 is 0 Å². The summed E-state index contributed by atoms with van der Waals surface area (Å²) in [6.45, 7) is -0.185. The van der Waals surface area contributed by atoms with E-state index in [2.05, 4.69) is 10.3 Å². The van der Waals surface area contributed by atoms with Gasteiger partial charge in [0, 0.05) is 0 Å². The molecule has 1 heterocycles. The van der Waals surface area contributed by atoms with Crippen molar-refractivity contribution in [1.29, 1.82) is 0 Å². The molecule has 112 valence electrons. The molecule has 2 aromatic carbocycles. The third kappa shape index (κ3) is 3.35. The van der Waals surface area contributed by atoms with Crippen molar-refractivity contribution >= 4 is 44.2 Å². The number of para-hydroxylation sites is 1. The number of carbonyl (C=O) groups excluding carboxylic acids is 1. The van der Waals surface area contributed by atoms with E-state index in [-0.39, 0.29) is 18.3 Å². The van der Waals surface area contributed by atoms with E-state index in [1.807, 2.05) is 12.1 Å². The molecule has 0 atom stereocenters. The zero-order valence-corrected chi connectivity index (χ0v) is 12.7. The van der Waals surface area contributed by atoms with Gasteiger partial charge in [0.15, 0.2) is 11.7 Å². The maximum atomic E-state index is 12.8. The molecular formula is C15H10ClFN2O2S. The van der Waals surface area contributed by atoms with E-state index in [9.17, 15) is 9.18 Å². The van der Waals surface area contributed by atoms with Crippen LogP contribution in [0.1, 0.15) is 0 Å². The van der Waals surface area contributed by atoms with Crippen LogP contribution in [0.4, 0.5) is 9.52 Å². The lowest BCUT2D eigenvalue weighted by molar-refractivity contribution is -0.118. The molecule has 4 nitrogen and oxygen atoms in total. The van der Waals surface area contributed by atoms with Crippen molar-refractivity contribution in [2.75, 3.05) is 11.9 Å². The summed E-state index contributed by atoms with van der Waals surface area (Å²) in [6.07, 6.45) is 0. The van der Waals surface area contributed by atoms with Gasteiger partial charge in [0.2, 0.25) is 0 Å². The van der Waals surface area contributed by atoms with Gasteiger partial charge in [-0.3, -0.25) is 10.1 Å². The first-order chi connectivity index (χ1) is 10.6. The molecule has 22 heavy (non-hydrogen) atoms.